The minimum absolute atomic E-state index is 0.0674. The van der Waals surface area contributed by atoms with E-state index < -0.39 is 0 Å². The Kier molecular flexibility index (Phi) is 4.58. The molecule has 2 aromatic heterocycles. The number of piperidine rings is 1. The number of carbonyl (C=O) groups is 1. The summed E-state index contributed by atoms with van der Waals surface area (Å²) in [6.07, 6.45) is 3.21. The number of amides is 1. The molecule has 1 unspecified atom stereocenters. The number of hydrogen-bond acceptors (Lipinski definition) is 4. The third-order valence-corrected chi connectivity index (χ3v) is 4.96. The molecule has 138 valence electrons. The van der Waals surface area contributed by atoms with E-state index in [2.05, 4.69) is 19.9 Å². The highest BCUT2D eigenvalue weighted by Crippen LogP contribution is 2.26. The maximum absolute atomic E-state index is 13.1. The maximum atomic E-state index is 13.1. The van der Waals surface area contributed by atoms with Crippen molar-refractivity contribution in [3.05, 3.63) is 70.2 Å². The number of nitrogens with one attached hydrogen (secondary N) is 2. The molecule has 1 amide bonds. The smallest absolute Gasteiger partial charge is 0.274 e. The van der Waals surface area contributed by atoms with E-state index in [4.69, 9.17) is 0 Å². The number of aromatic amines is 2. The van der Waals surface area contributed by atoms with Gasteiger partial charge in [-0.2, -0.15) is 0 Å². The second-order valence-corrected chi connectivity index (χ2v) is 6.85. The lowest BCUT2D eigenvalue weighted by molar-refractivity contribution is 0.0699. The molecule has 1 atom stereocenters. The summed E-state index contributed by atoms with van der Waals surface area (Å²) in [6.45, 7) is 3.10. The van der Waals surface area contributed by atoms with Gasteiger partial charge in [-0.05, 0) is 19.8 Å². The molecule has 0 bridgehead atoms. The normalized spacial score (nSPS) is 17.1. The highest BCUT2D eigenvalue weighted by molar-refractivity contribution is 5.94. The molecule has 1 aromatic carbocycles. The zero-order chi connectivity index (χ0) is 18.8. The number of H-pyrrole nitrogens is 2. The molecule has 0 radical (unpaired) electrons. The largest absolute Gasteiger partial charge is 0.341 e. The van der Waals surface area contributed by atoms with Crippen LogP contribution in [-0.4, -0.2) is 43.8 Å². The Morgan fingerprint density at radius 2 is 2.07 bits per heavy atom. The number of imidazole rings is 1. The van der Waals surface area contributed by atoms with E-state index in [1.807, 2.05) is 42.2 Å². The summed E-state index contributed by atoms with van der Waals surface area (Å²) in [5, 5.41) is 0. The van der Waals surface area contributed by atoms with Gasteiger partial charge in [-0.3, -0.25) is 9.59 Å². The van der Waals surface area contributed by atoms with E-state index in [1.165, 1.54) is 12.4 Å². The van der Waals surface area contributed by atoms with Gasteiger partial charge in [0.2, 0.25) is 0 Å². The molecule has 4 rings (SSSR count). The van der Waals surface area contributed by atoms with E-state index >= 15 is 0 Å². The highest BCUT2D eigenvalue weighted by Gasteiger charge is 2.28. The van der Waals surface area contributed by atoms with Crippen molar-refractivity contribution in [1.29, 1.82) is 0 Å². The average molecular weight is 363 g/mol. The van der Waals surface area contributed by atoms with Crippen molar-refractivity contribution in [3.63, 3.8) is 0 Å². The lowest BCUT2D eigenvalue weighted by Gasteiger charge is -2.32. The van der Waals surface area contributed by atoms with Gasteiger partial charge in [0.1, 0.15) is 11.5 Å². The number of aryl methyl sites for hydroxylation is 1. The molecule has 1 aliphatic heterocycles. The van der Waals surface area contributed by atoms with Crippen molar-refractivity contribution in [2.24, 2.45) is 0 Å². The third kappa shape index (κ3) is 3.53. The van der Waals surface area contributed by atoms with Crippen molar-refractivity contribution < 1.29 is 4.79 Å². The number of hydrogen-bond donors (Lipinski definition) is 2. The summed E-state index contributed by atoms with van der Waals surface area (Å²) in [6, 6.07) is 11.3. The van der Waals surface area contributed by atoms with Crippen molar-refractivity contribution in [2.45, 2.75) is 25.7 Å². The van der Waals surface area contributed by atoms with Gasteiger partial charge in [0.15, 0.2) is 0 Å². The van der Waals surface area contributed by atoms with Crippen LogP contribution in [0.3, 0.4) is 0 Å². The van der Waals surface area contributed by atoms with Crippen LogP contribution in [0.15, 0.2) is 47.5 Å². The van der Waals surface area contributed by atoms with Crippen LogP contribution in [0, 0.1) is 6.92 Å². The lowest BCUT2D eigenvalue weighted by atomic mass is 9.94. The standard InChI is InChI=1S/C20H21N5O2/c1-13-18(24-19(23-13)14-6-3-2-4-7-14)20(27)25-9-5-8-15(11-25)16-10-17(26)22-12-21-16/h2-4,6-7,10,12,15H,5,8-9,11H2,1H3,(H,23,24)(H,21,22,26). The second kappa shape index (κ2) is 7.19. The molecule has 3 heterocycles. The van der Waals surface area contributed by atoms with Crippen LogP contribution in [0.5, 0.6) is 0 Å². The minimum Gasteiger partial charge on any atom is -0.341 e. The molecule has 7 nitrogen and oxygen atoms in total. The molecular formula is C20H21N5O2. The second-order valence-electron chi connectivity index (χ2n) is 6.85. The predicted octanol–water partition coefficient (Wildman–Crippen LogP) is 2.49. The molecule has 0 aliphatic carbocycles. The summed E-state index contributed by atoms with van der Waals surface area (Å²) in [7, 11) is 0. The molecule has 27 heavy (non-hydrogen) atoms. The summed E-state index contributed by atoms with van der Waals surface area (Å²) in [5.41, 5.74) is 2.73. The SMILES string of the molecule is Cc1[nH]c(-c2ccccc2)nc1C(=O)N1CCCC(c2cc(=O)[nH]cn2)C1. The molecule has 2 N–H and O–H groups in total. The lowest BCUT2D eigenvalue weighted by Crippen LogP contribution is -2.40. The van der Waals surface area contributed by atoms with Gasteiger partial charge in [-0.1, -0.05) is 30.3 Å². The van der Waals surface area contributed by atoms with Crippen LogP contribution in [0.25, 0.3) is 11.4 Å². The van der Waals surface area contributed by atoms with E-state index in [0.29, 0.717) is 24.6 Å². The minimum atomic E-state index is -0.168. The van der Waals surface area contributed by atoms with E-state index in [0.717, 1.165) is 29.8 Å². The Labute approximate surface area is 156 Å². The number of aromatic nitrogens is 4. The van der Waals surface area contributed by atoms with Gasteiger partial charge in [0.25, 0.3) is 11.5 Å². The van der Waals surface area contributed by atoms with Crippen LogP contribution in [0.2, 0.25) is 0 Å². The Morgan fingerprint density at radius 1 is 1.26 bits per heavy atom. The molecule has 0 saturated carbocycles. The summed E-state index contributed by atoms with van der Waals surface area (Å²) in [5.74, 6) is 0.680. The van der Waals surface area contributed by atoms with Crippen LogP contribution in [-0.2, 0) is 0 Å². The Hall–Kier alpha value is -3.22. The third-order valence-electron chi connectivity index (χ3n) is 4.96. The average Bonchev–Trinajstić information content (AvgIpc) is 3.10. The van der Waals surface area contributed by atoms with Crippen molar-refractivity contribution in [3.8, 4) is 11.4 Å². The molecular weight excluding hydrogens is 342 g/mol. The van der Waals surface area contributed by atoms with Crippen LogP contribution in [0.4, 0.5) is 0 Å². The first-order valence-electron chi connectivity index (χ1n) is 9.08. The van der Waals surface area contributed by atoms with Crippen molar-refractivity contribution in [2.75, 3.05) is 13.1 Å². The van der Waals surface area contributed by atoms with Gasteiger partial charge in [-0.25, -0.2) is 9.97 Å². The van der Waals surface area contributed by atoms with E-state index in [1.54, 1.807) is 0 Å². The molecule has 7 heteroatoms. The molecule has 1 fully saturated rings. The van der Waals surface area contributed by atoms with Crippen LogP contribution < -0.4 is 5.56 Å². The number of carbonyl (C=O) groups excluding carboxylic acids is 1. The van der Waals surface area contributed by atoms with E-state index in [-0.39, 0.29) is 17.4 Å². The highest BCUT2D eigenvalue weighted by atomic mass is 16.2. The molecule has 1 aliphatic rings. The fourth-order valence-electron chi connectivity index (χ4n) is 3.56. The number of benzene rings is 1. The zero-order valence-corrected chi connectivity index (χ0v) is 15.1. The first-order valence-corrected chi connectivity index (χ1v) is 9.08. The first kappa shape index (κ1) is 17.2. The number of nitrogens with zero attached hydrogens (tertiary/aromatic N) is 3. The maximum Gasteiger partial charge on any atom is 0.274 e. The van der Waals surface area contributed by atoms with Gasteiger partial charge in [0, 0.05) is 36.3 Å². The van der Waals surface area contributed by atoms with Gasteiger partial charge >= 0.3 is 0 Å². The van der Waals surface area contributed by atoms with Crippen LogP contribution >= 0.6 is 0 Å². The summed E-state index contributed by atoms with van der Waals surface area (Å²) in [4.78, 5) is 41.0. The van der Waals surface area contributed by atoms with Crippen molar-refractivity contribution in [1.82, 2.24) is 24.8 Å². The van der Waals surface area contributed by atoms with Gasteiger partial charge in [-0.15, -0.1) is 0 Å². The monoisotopic (exact) mass is 363 g/mol. The Morgan fingerprint density at radius 3 is 2.85 bits per heavy atom. The van der Waals surface area contributed by atoms with E-state index in [9.17, 15) is 9.59 Å². The molecule has 3 aromatic rings. The molecule has 0 spiro atoms. The fraction of sp³-hybridized carbons (Fsp3) is 0.300. The number of likely N-dealkylation sites (tertiary alicyclic amines) is 1. The van der Waals surface area contributed by atoms with Gasteiger partial charge in [0.05, 0.1) is 12.0 Å². The summed E-state index contributed by atoms with van der Waals surface area (Å²) < 4.78 is 0. The predicted molar refractivity (Wildman–Crippen MR) is 101 cm³/mol. The fourth-order valence-corrected chi connectivity index (χ4v) is 3.56. The topological polar surface area (TPSA) is 94.7 Å². The quantitative estimate of drug-likeness (QED) is 0.747. The van der Waals surface area contributed by atoms with Gasteiger partial charge < -0.3 is 14.9 Å². The Bertz CT molecular complexity index is 1010. The zero-order valence-electron chi connectivity index (χ0n) is 15.1. The Balaban J connectivity index is 1.56. The number of rotatable bonds is 3. The van der Waals surface area contributed by atoms with Crippen LogP contribution in [0.1, 0.15) is 40.6 Å². The van der Waals surface area contributed by atoms with Crippen molar-refractivity contribution >= 4 is 5.91 Å². The molecule has 1 saturated heterocycles. The summed E-state index contributed by atoms with van der Waals surface area (Å²) >= 11 is 0. The first-order chi connectivity index (χ1) is 13.1.